The van der Waals surface area contributed by atoms with Crippen LogP contribution in [-0.4, -0.2) is 25.8 Å². The molecule has 0 saturated heterocycles. The Balaban J connectivity index is 0. The Bertz CT molecular complexity index is 29.3. The van der Waals surface area contributed by atoms with E-state index in [1.807, 2.05) is 14.1 Å². The topological polar surface area (TPSA) is 32.3 Å². The first kappa shape index (κ1) is 9.83. The average molecular weight is 103 g/mol. The standard InChI is InChI=1S/C3H6O.C2H7N/c1-2-3-4;1-3-2/h2,4H,1,3H2;3H,1-2H3. The molecule has 2 heteroatoms. The van der Waals surface area contributed by atoms with Gasteiger partial charge in [0.15, 0.2) is 0 Å². The Kier molecular flexibility index (Phi) is 24.4. The molecular formula is C5H13NO. The molecule has 0 aromatic carbocycles. The van der Waals surface area contributed by atoms with Gasteiger partial charge in [0.25, 0.3) is 0 Å². The van der Waals surface area contributed by atoms with Gasteiger partial charge in [-0.3, -0.25) is 0 Å². The minimum atomic E-state index is 0.0833. The summed E-state index contributed by atoms with van der Waals surface area (Å²) in [6, 6.07) is 0. The lowest BCUT2D eigenvalue weighted by atomic mass is 10.7. The van der Waals surface area contributed by atoms with Crippen molar-refractivity contribution in [2.45, 2.75) is 0 Å². The third-order valence-corrected chi connectivity index (χ3v) is 0.129. The molecule has 0 aliphatic rings. The zero-order valence-electron chi connectivity index (χ0n) is 4.94. The molecule has 0 aliphatic heterocycles. The zero-order chi connectivity index (χ0) is 6.12. The lowest BCUT2D eigenvalue weighted by Gasteiger charge is -1.60. The first-order valence-corrected chi connectivity index (χ1v) is 2.13. The second kappa shape index (κ2) is 17.4. The molecule has 44 valence electrons. The molecule has 0 aromatic rings. The summed E-state index contributed by atoms with van der Waals surface area (Å²) >= 11 is 0. The molecule has 0 atom stereocenters. The molecule has 0 aromatic heterocycles. The van der Waals surface area contributed by atoms with Crippen molar-refractivity contribution < 1.29 is 5.11 Å². The average Bonchev–Trinajstić information content (AvgIpc) is 1.69. The Labute approximate surface area is 44.9 Å². The van der Waals surface area contributed by atoms with Gasteiger partial charge in [0.1, 0.15) is 0 Å². The van der Waals surface area contributed by atoms with Crippen molar-refractivity contribution in [1.82, 2.24) is 5.32 Å². The highest BCUT2D eigenvalue weighted by Gasteiger charge is 1.45. The van der Waals surface area contributed by atoms with Crippen molar-refractivity contribution in [3.63, 3.8) is 0 Å². The number of nitrogens with one attached hydrogen (secondary N) is 1. The second-order valence-corrected chi connectivity index (χ2v) is 0.971. The maximum Gasteiger partial charge on any atom is 0.0609 e. The number of aliphatic hydroxyl groups is 1. The van der Waals surface area contributed by atoms with Gasteiger partial charge in [-0.25, -0.2) is 0 Å². The molecule has 0 saturated carbocycles. The van der Waals surface area contributed by atoms with E-state index in [4.69, 9.17) is 5.11 Å². The lowest BCUT2D eigenvalue weighted by molar-refractivity contribution is 0.343. The fraction of sp³-hybridized carbons (Fsp3) is 0.600. The van der Waals surface area contributed by atoms with Crippen LogP contribution >= 0.6 is 0 Å². The van der Waals surface area contributed by atoms with Crippen molar-refractivity contribution in [3.8, 4) is 0 Å². The Morgan fingerprint density at radius 1 is 1.71 bits per heavy atom. The van der Waals surface area contributed by atoms with E-state index in [-0.39, 0.29) is 6.61 Å². The first-order valence-electron chi connectivity index (χ1n) is 2.13. The monoisotopic (exact) mass is 103 g/mol. The van der Waals surface area contributed by atoms with Crippen LogP contribution in [0.4, 0.5) is 0 Å². The molecule has 0 aliphatic carbocycles. The Hall–Kier alpha value is -0.340. The predicted octanol–water partition coefficient (Wildman–Crippen LogP) is 0.000300. The SMILES string of the molecule is C=CCO.CNC. The van der Waals surface area contributed by atoms with Gasteiger partial charge in [-0.2, -0.15) is 0 Å². The number of hydrogen-bond acceptors (Lipinski definition) is 2. The molecule has 0 spiro atoms. The highest BCUT2D eigenvalue weighted by Crippen LogP contribution is 1.46. The quantitative estimate of drug-likeness (QED) is 0.458. The molecule has 0 radical (unpaired) electrons. The minimum Gasteiger partial charge on any atom is -0.392 e. The smallest absolute Gasteiger partial charge is 0.0609 e. The van der Waals surface area contributed by atoms with Gasteiger partial charge in [0, 0.05) is 0 Å². The van der Waals surface area contributed by atoms with Crippen molar-refractivity contribution in [2.24, 2.45) is 0 Å². The molecule has 0 fully saturated rings. The summed E-state index contributed by atoms with van der Waals surface area (Å²) in [6.07, 6.45) is 1.43. The molecular weight excluding hydrogens is 90.1 g/mol. The summed E-state index contributed by atoms with van der Waals surface area (Å²) in [7, 11) is 3.75. The van der Waals surface area contributed by atoms with Gasteiger partial charge in [0.05, 0.1) is 6.61 Å². The molecule has 0 amide bonds. The molecule has 2 N–H and O–H groups in total. The fourth-order valence-electron chi connectivity index (χ4n) is 0. The van der Waals surface area contributed by atoms with E-state index in [2.05, 4.69) is 11.9 Å². The van der Waals surface area contributed by atoms with E-state index >= 15 is 0 Å². The van der Waals surface area contributed by atoms with Crippen LogP contribution in [0.15, 0.2) is 12.7 Å². The number of aliphatic hydroxyl groups excluding tert-OH is 1. The zero-order valence-corrected chi connectivity index (χ0v) is 4.94. The minimum absolute atomic E-state index is 0.0833. The normalized spacial score (nSPS) is 6.14. The van der Waals surface area contributed by atoms with Gasteiger partial charge in [0.2, 0.25) is 0 Å². The van der Waals surface area contributed by atoms with Gasteiger partial charge in [-0.1, -0.05) is 6.08 Å². The molecule has 0 rings (SSSR count). The van der Waals surface area contributed by atoms with Gasteiger partial charge in [-0.05, 0) is 14.1 Å². The van der Waals surface area contributed by atoms with E-state index in [1.165, 1.54) is 6.08 Å². The van der Waals surface area contributed by atoms with E-state index in [9.17, 15) is 0 Å². The highest BCUT2D eigenvalue weighted by molar-refractivity contribution is 4.60. The van der Waals surface area contributed by atoms with E-state index < -0.39 is 0 Å². The van der Waals surface area contributed by atoms with Crippen LogP contribution in [0, 0.1) is 0 Å². The summed E-state index contributed by atoms with van der Waals surface area (Å²) in [5, 5.41) is 10.5. The summed E-state index contributed by atoms with van der Waals surface area (Å²) in [4.78, 5) is 0. The maximum atomic E-state index is 7.76. The first-order chi connectivity index (χ1) is 3.33. The van der Waals surface area contributed by atoms with E-state index in [1.54, 1.807) is 0 Å². The van der Waals surface area contributed by atoms with Gasteiger partial charge >= 0.3 is 0 Å². The maximum absolute atomic E-state index is 7.76. The van der Waals surface area contributed by atoms with Crippen LogP contribution in [0.1, 0.15) is 0 Å². The fourth-order valence-corrected chi connectivity index (χ4v) is 0. The van der Waals surface area contributed by atoms with Crippen molar-refractivity contribution in [3.05, 3.63) is 12.7 Å². The molecule has 2 nitrogen and oxygen atoms in total. The van der Waals surface area contributed by atoms with Gasteiger partial charge < -0.3 is 10.4 Å². The summed E-state index contributed by atoms with van der Waals surface area (Å²) < 4.78 is 0. The summed E-state index contributed by atoms with van der Waals surface area (Å²) in [6.45, 7) is 3.31. The largest absolute Gasteiger partial charge is 0.392 e. The molecule has 7 heavy (non-hydrogen) atoms. The second-order valence-electron chi connectivity index (χ2n) is 0.971. The Morgan fingerprint density at radius 3 is 1.86 bits per heavy atom. The van der Waals surface area contributed by atoms with E-state index in [0.717, 1.165) is 0 Å². The van der Waals surface area contributed by atoms with Crippen LogP contribution in [0.2, 0.25) is 0 Å². The number of hydrogen-bond donors (Lipinski definition) is 2. The van der Waals surface area contributed by atoms with Crippen LogP contribution in [0.25, 0.3) is 0 Å². The lowest BCUT2D eigenvalue weighted by Crippen LogP contribution is -1.89. The third kappa shape index (κ3) is 174. The van der Waals surface area contributed by atoms with Crippen LogP contribution < -0.4 is 5.32 Å². The van der Waals surface area contributed by atoms with E-state index in [0.29, 0.717) is 0 Å². The predicted molar refractivity (Wildman–Crippen MR) is 32.3 cm³/mol. The molecule has 0 heterocycles. The third-order valence-electron chi connectivity index (χ3n) is 0.129. The summed E-state index contributed by atoms with van der Waals surface area (Å²) in [5.41, 5.74) is 0. The van der Waals surface area contributed by atoms with Crippen LogP contribution in [0.5, 0.6) is 0 Å². The summed E-state index contributed by atoms with van der Waals surface area (Å²) in [5.74, 6) is 0. The van der Waals surface area contributed by atoms with Crippen molar-refractivity contribution >= 4 is 0 Å². The molecule has 0 bridgehead atoms. The van der Waals surface area contributed by atoms with Crippen LogP contribution in [-0.2, 0) is 0 Å². The van der Waals surface area contributed by atoms with Gasteiger partial charge in [-0.15, -0.1) is 6.58 Å². The highest BCUT2D eigenvalue weighted by atomic mass is 16.2. The Morgan fingerprint density at radius 2 is 1.86 bits per heavy atom. The molecule has 0 unspecified atom stereocenters. The van der Waals surface area contributed by atoms with Crippen molar-refractivity contribution in [1.29, 1.82) is 0 Å². The number of rotatable bonds is 1. The van der Waals surface area contributed by atoms with Crippen LogP contribution in [0.3, 0.4) is 0 Å². The van der Waals surface area contributed by atoms with Crippen molar-refractivity contribution in [2.75, 3.05) is 20.7 Å².